The topological polar surface area (TPSA) is 100 Å². The highest BCUT2D eigenvalue weighted by molar-refractivity contribution is 7.90. The summed E-state index contributed by atoms with van der Waals surface area (Å²) in [7, 11) is -1.83. The van der Waals surface area contributed by atoms with Crippen molar-refractivity contribution in [2.45, 2.75) is 43.0 Å². The molecular weight excluding hydrogens is 562 g/mol. The Hall–Kier alpha value is -4.38. The summed E-state index contributed by atoms with van der Waals surface area (Å²) < 4.78 is 65.9. The lowest BCUT2D eigenvalue weighted by Crippen LogP contribution is -2.38. The van der Waals surface area contributed by atoms with Gasteiger partial charge in [0.25, 0.3) is 0 Å². The van der Waals surface area contributed by atoms with E-state index in [2.05, 4.69) is 15.2 Å². The van der Waals surface area contributed by atoms with Crippen molar-refractivity contribution >= 4 is 9.84 Å². The minimum atomic E-state index is -3.41. The molecule has 11 heteroatoms. The summed E-state index contributed by atoms with van der Waals surface area (Å²) in [4.78, 5) is 4.38. The molecule has 216 valence electrons. The van der Waals surface area contributed by atoms with E-state index in [1.807, 2.05) is 22.8 Å². The van der Waals surface area contributed by atoms with Crippen LogP contribution in [0.5, 0.6) is 5.75 Å². The van der Waals surface area contributed by atoms with Crippen LogP contribution in [0.1, 0.15) is 35.7 Å². The standard InChI is InChI=1S/C31H28F2N4O4S/c1-19-34-18-28(41-19)24-11-6-21(16-27(24)40-2)29-35-36-30-31(13-4-14-37(29)30,17-20-5-12-25(32)26(33)15-20)22-7-9-23(10-8-22)42(3,38)39/h5-12,15-16,18H,4,13-14,17H2,1-3H3. The van der Waals surface area contributed by atoms with E-state index in [1.54, 1.807) is 50.6 Å². The molecule has 42 heavy (non-hydrogen) atoms. The molecule has 0 N–H and O–H groups in total. The first-order valence-electron chi connectivity index (χ1n) is 13.4. The number of nitrogens with zero attached hydrogens (tertiary/aromatic N) is 4. The largest absolute Gasteiger partial charge is 0.496 e. The maximum absolute atomic E-state index is 14.3. The van der Waals surface area contributed by atoms with Gasteiger partial charge in [0.05, 0.1) is 29.2 Å². The van der Waals surface area contributed by atoms with Gasteiger partial charge >= 0.3 is 0 Å². The van der Waals surface area contributed by atoms with Crippen LogP contribution in [0.25, 0.3) is 22.7 Å². The molecule has 0 radical (unpaired) electrons. The number of methoxy groups -OCH3 is 1. The number of halogens is 2. The smallest absolute Gasteiger partial charge is 0.191 e. The highest BCUT2D eigenvalue weighted by Gasteiger charge is 2.42. The number of rotatable bonds is 7. The lowest BCUT2D eigenvalue weighted by atomic mass is 9.70. The van der Waals surface area contributed by atoms with Crippen LogP contribution in [0.15, 0.2) is 76.2 Å². The van der Waals surface area contributed by atoms with Gasteiger partial charge in [0, 0.05) is 25.3 Å². The lowest BCUT2D eigenvalue weighted by Gasteiger charge is -2.38. The molecule has 2 aromatic heterocycles. The van der Waals surface area contributed by atoms with Crippen molar-refractivity contribution in [1.29, 1.82) is 0 Å². The zero-order valence-corrected chi connectivity index (χ0v) is 24.1. The maximum atomic E-state index is 14.3. The van der Waals surface area contributed by atoms with Crippen LogP contribution in [0.4, 0.5) is 8.78 Å². The van der Waals surface area contributed by atoms with Crippen molar-refractivity contribution in [2.75, 3.05) is 13.4 Å². The first-order chi connectivity index (χ1) is 20.1. The third-order valence-electron chi connectivity index (χ3n) is 7.84. The summed E-state index contributed by atoms with van der Waals surface area (Å²) >= 11 is 0. The van der Waals surface area contributed by atoms with Gasteiger partial charge in [0.2, 0.25) is 0 Å². The predicted molar refractivity (Wildman–Crippen MR) is 152 cm³/mol. The highest BCUT2D eigenvalue weighted by Crippen LogP contribution is 2.44. The maximum Gasteiger partial charge on any atom is 0.191 e. The molecule has 0 spiro atoms. The van der Waals surface area contributed by atoms with E-state index in [9.17, 15) is 17.2 Å². The first-order valence-corrected chi connectivity index (χ1v) is 15.3. The van der Waals surface area contributed by atoms with E-state index in [0.717, 1.165) is 35.4 Å². The second-order valence-corrected chi connectivity index (χ2v) is 12.6. The molecule has 1 aliphatic rings. The fraction of sp³-hybridized carbons (Fsp3) is 0.258. The summed E-state index contributed by atoms with van der Waals surface area (Å²) in [6, 6.07) is 16.3. The molecule has 5 aromatic rings. The van der Waals surface area contributed by atoms with Gasteiger partial charge in [-0.05, 0) is 66.8 Å². The second-order valence-electron chi connectivity index (χ2n) is 10.6. The van der Waals surface area contributed by atoms with E-state index >= 15 is 0 Å². The third-order valence-corrected chi connectivity index (χ3v) is 8.96. The lowest BCUT2D eigenvalue weighted by molar-refractivity contribution is 0.348. The minimum absolute atomic E-state index is 0.196. The second kappa shape index (κ2) is 10.5. The van der Waals surface area contributed by atoms with Crippen molar-refractivity contribution in [3.63, 3.8) is 0 Å². The number of aromatic nitrogens is 4. The Morgan fingerprint density at radius 3 is 2.48 bits per heavy atom. The third kappa shape index (κ3) is 4.87. The van der Waals surface area contributed by atoms with Crippen LogP contribution in [-0.4, -0.2) is 41.5 Å². The van der Waals surface area contributed by atoms with Crippen molar-refractivity contribution in [3.8, 4) is 28.5 Å². The molecule has 1 aliphatic heterocycles. The summed E-state index contributed by atoms with van der Waals surface area (Å²) in [6.45, 7) is 2.41. The monoisotopic (exact) mass is 590 g/mol. The number of fused-ring (bicyclic) bond motifs is 1. The van der Waals surface area contributed by atoms with Gasteiger partial charge in [-0.2, -0.15) is 0 Å². The average Bonchev–Trinajstić information content (AvgIpc) is 3.61. The number of ether oxygens (including phenoxy) is 1. The van der Waals surface area contributed by atoms with Crippen LogP contribution in [-0.2, 0) is 28.2 Å². The Labute approximate surface area is 241 Å². The number of oxazole rings is 1. The van der Waals surface area contributed by atoms with E-state index in [-0.39, 0.29) is 4.90 Å². The van der Waals surface area contributed by atoms with Gasteiger partial charge in [-0.1, -0.05) is 24.3 Å². The molecule has 0 aliphatic carbocycles. The van der Waals surface area contributed by atoms with Gasteiger partial charge in [0.1, 0.15) is 11.6 Å². The Morgan fingerprint density at radius 1 is 1.02 bits per heavy atom. The molecule has 0 fully saturated rings. The minimum Gasteiger partial charge on any atom is -0.496 e. The zero-order chi connectivity index (χ0) is 29.6. The van der Waals surface area contributed by atoms with Crippen LogP contribution in [0, 0.1) is 18.6 Å². The van der Waals surface area contributed by atoms with E-state index < -0.39 is 26.9 Å². The van der Waals surface area contributed by atoms with Gasteiger partial charge < -0.3 is 13.7 Å². The molecule has 3 heterocycles. The molecular formula is C31H28F2N4O4S. The van der Waals surface area contributed by atoms with Crippen LogP contribution >= 0.6 is 0 Å². The van der Waals surface area contributed by atoms with Crippen LogP contribution in [0.2, 0.25) is 0 Å². The molecule has 0 saturated carbocycles. The summed E-state index contributed by atoms with van der Waals surface area (Å²) in [5.74, 6) is 1.16. The molecule has 0 bridgehead atoms. The molecule has 3 aromatic carbocycles. The quantitative estimate of drug-likeness (QED) is 0.232. The molecule has 6 rings (SSSR count). The van der Waals surface area contributed by atoms with Gasteiger partial charge in [-0.15, -0.1) is 10.2 Å². The van der Waals surface area contributed by atoms with Crippen LogP contribution < -0.4 is 4.74 Å². The molecule has 1 atom stereocenters. The summed E-state index contributed by atoms with van der Waals surface area (Å²) in [5, 5.41) is 9.26. The van der Waals surface area contributed by atoms with Gasteiger partial charge in [0.15, 0.2) is 38.9 Å². The molecule has 8 nitrogen and oxygen atoms in total. The Bertz CT molecular complexity index is 1900. The predicted octanol–water partition coefficient (Wildman–Crippen LogP) is 5.92. The number of hydrogen-bond acceptors (Lipinski definition) is 7. The molecule has 0 saturated heterocycles. The van der Waals surface area contributed by atoms with Crippen molar-refractivity contribution in [3.05, 3.63) is 101 Å². The Morgan fingerprint density at radius 2 is 1.81 bits per heavy atom. The van der Waals surface area contributed by atoms with Gasteiger partial charge in [-0.3, -0.25) is 0 Å². The first kappa shape index (κ1) is 27.8. The highest BCUT2D eigenvalue weighted by atomic mass is 32.2. The summed E-state index contributed by atoms with van der Waals surface area (Å²) in [5.41, 5.74) is 2.16. The fourth-order valence-electron chi connectivity index (χ4n) is 5.82. The number of benzene rings is 3. The normalized spacial score (nSPS) is 16.8. The average molecular weight is 591 g/mol. The van der Waals surface area contributed by atoms with E-state index in [4.69, 9.17) is 9.15 Å². The van der Waals surface area contributed by atoms with Crippen molar-refractivity contribution in [1.82, 2.24) is 19.7 Å². The fourth-order valence-corrected chi connectivity index (χ4v) is 6.45. The van der Waals surface area contributed by atoms with E-state index in [1.165, 1.54) is 6.07 Å². The summed E-state index contributed by atoms with van der Waals surface area (Å²) in [6.07, 6.45) is 4.52. The van der Waals surface area contributed by atoms with Crippen molar-refractivity contribution in [2.24, 2.45) is 0 Å². The van der Waals surface area contributed by atoms with E-state index in [0.29, 0.717) is 54.0 Å². The molecule has 0 amide bonds. The Balaban J connectivity index is 1.48. The van der Waals surface area contributed by atoms with Crippen molar-refractivity contribution < 1.29 is 26.4 Å². The number of sulfone groups is 1. The van der Waals surface area contributed by atoms with Crippen LogP contribution in [0.3, 0.4) is 0 Å². The zero-order valence-electron chi connectivity index (χ0n) is 23.3. The number of aryl methyl sites for hydroxylation is 1. The molecule has 1 unspecified atom stereocenters. The van der Waals surface area contributed by atoms with Gasteiger partial charge in [-0.25, -0.2) is 22.2 Å². The Kier molecular flexibility index (Phi) is 6.92. The SMILES string of the molecule is COc1cc(-c2nnc3n2CCCC3(Cc2ccc(F)c(F)c2)c2ccc(S(C)(=O)=O)cc2)ccc1-c1cnc(C)o1. The number of hydrogen-bond donors (Lipinski definition) is 0.